The molecule has 4 nitrogen and oxygen atoms in total. The molecule has 0 saturated carbocycles. The summed E-state index contributed by atoms with van der Waals surface area (Å²) in [6, 6.07) is 2.26. The zero-order chi connectivity index (χ0) is 9.14. The van der Waals surface area contributed by atoms with Gasteiger partial charge in [0, 0.05) is 0 Å². The number of nitrogens with two attached hydrogens (primary N) is 1. The lowest BCUT2D eigenvalue weighted by Crippen LogP contribution is -2.36. The largest absolute Gasteiger partial charge is 0.480 e. The number of hydrogen-bond acceptors (Lipinski definition) is 3. The van der Waals surface area contributed by atoms with E-state index in [0.29, 0.717) is 13.5 Å². The molecule has 3 atom stereocenters. The maximum atomic E-state index is 10.4. The second kappa shape index (κ2) is 3.72. The molecule has 1 rings (SSSR count). The Bertz CT molecular complexity index is 260. The Balaban J connectivity index is 2.71. The molecule has 1 heterocycles. The van der Waals surface area contributed by atoms with Gasteiger partial charge in [0.2, 0.25) is 0 Å². The highest BCUT2D eigenvalue weighted by Gasteiger charge is 2.23. The molecule has 0 aliphatic heterocycles. The van der Waals surface area contributed by atoms with Crippen LogP contribution in [-0.4, -0.2) is 22.2 Å². The third-order valence-corrected chi connectivity index (χ3v) is 2.72. The highest BCUT2D eigenvalue weighted by Crippen LogP contribution is 2.24. The highest BCUT2D eigenvalue weighted by molar-refractivity contribution is 7.30. The SMILES string of the molecule is N[C@H](C(=O)O)C(O)c1ccc[pH]1. The van der Waals surface area contributed by atoms with E-state index in [1.165, 1.54) is 0 Å². The molecular formula is C7H10NO3P. The fourth-order valence-corrected chi connectivity index (χ4v) is 1.78. The summed E-state index contributed by atoms with van der Waals surface area (Å²) in [5.74, 6) is 0.688. The zero-order valence-corrected chi connectivity index (χ0v) is 7.27. The molecule has 0 radical (unpaired) electrons. The van der Waals surface area contributed by atoms with Crippen LogP contribution in [0.15, 0.2) is 17.9 Å². The molecule has 0 fully saturated rings. The third kappa shape index (κ3) is 1.85. The smallest absolute Gasteiger partial charge is 0.323 e. The number of aliphatic carboxylic acids is 1. The first-order valence-corrected chi connectivity index (χ1v) is 4.50. The second-order valence-electron chi connectivity index (χ2n) is 2.43. The molecule has 0 aliphatic rings. The Labute approximate surface area is 71.1 Å². The predicted octanol–water partition coefficient (Wildman–Crippen LogP) is 0.163. The average Bonchev–Trinajstić information content (AvgIpc) is 2.53. The van der Waals surface area contributed by atoms with Gasteiger partial charge in [0.25, 0.3) is 0 Å². The molecule has 4 N–H and O–H groups in total. The van der Waals surface area contributed by atoms with E-state index in [1.807, 2.05) is 5.80 Å². The number of carboxylic acid groups (broad SMARTS) is 1. The molecule has 1 aromatic rings. The van der Waals surface area contributed by atoms with Gasteiger partial charge in [-0.3, -0.25) is 4.79 Å². The van der Waals surface area contributed by atoms with Crippen LogP contribution in [0.3, 0.4) is 0 Å². The van der Waals surface area contributed by atoms with Gasteiger partial charge in [0.1, 0.15) is 12.1 Å². The van der Waals surface area contributed by atoms with E-state index in [9.17, 15) is 9.90 Å². The van der Waals surface area contributed by atoms with Crippen LogP contribution in [0.1, 0.15) is 11.4 Å². The monoisotopic (exact) mass is 187 g/mol. The summed E-state index contributed by atoms with van der Waals surface area (Å²) in [6.45, 7) is 0. The Morgan fingerprint density at radius 1 is 1.67 bits per heavy atom. The van der Waals surface area contributed by atoms with Crippen LogP contribution >= 0.6 is 8.19 Å². The van der Waals surface area contributed by atoms with Crippen LogP contribution in [-0.2, 0) is 4.79 Å². The van der Waals surface area contributed by atoms with Gasteiger partial charge in [-0.25, -0.2) is 0 Å². The molecule has 0 spiro atoms. The third-order valence-electron chi connectivity index (χ3n) is 1.57. The van der Waals surface area contributed by atoms with Crippen LogP contribution < -0.4 is 5.73 Å². The minimum absolute atomic E-state index is 0.353. The van der Waals surface area contributed by atoms with E-state index in [1.54, 1.807) is 12.1 Å². The Morgan fingerprint density at radius 3 is 2.75 bits per heavy atom. The van der Waals surface area contributed by atoms with Crippen molar-refractivity contribution in [2.45, 2.75) is 12.1 Å². The van der Waals surface area contributed by atoms with Crippen molar-refractivity contribution < 1.29 is 15.0 Å². The van der Waals surface area contributed by atoms with E-state index in [2.05, 4.69) is 0 Å². The molecule has 5 heteroatoms. The summed E-state index contributed by atoms with van der Waals surface area (Å²) < 4.78 is 0. The van der Waals surface area contributed by atoms with Crippen molar-refractivity contribution >= 4 is 14.2 Å². The Kier molecular flexibility index (Phi) is 2.87. The van der Waals surface area contributed by atoms with Crippen molar-refractivity contribution in [3.63, 3.8) is 0 Å². The lowest BCUT2D eigenvalue weighted by atomic mass is 10.1. The molecule has 0 amide bonds. The zero-order valence-electron chi connectivity index (χ0n) is 6.27. The summed E-state index contributed by atoms with van der Waals surface area (Å²) in [5, 5.41) is 18.5. The van der Waals surface area contributed by atoms with Crippen molar-refractivity contribution in [1.29, 1.82) is 0 Å². The standard InChI is InChI=1S/C7H10NO3P/c8-5(7(10)11)6(9)4-2-1-3-12-4/h1-3,5-6,9,12H,8H2,(H,10,11)/t5-,6?/m0/s1. The fourth-order valence-electron chi connectivity index (χ4n) is 0.857. The lowest BCUT2D eigenvalue weighted by Gasteiger charge is -2.12. The highest BCUT2D eigenvalue weighted by atomic mass is 31.0. The molecule has 66 valence electrons. The molecule has 1 aromatic heterocycles. The molecule has 2 unspecified atom stereocenters. The van der Waals surface area contributed by atoms with E-state index >= 15 is 0 Å². The first-order chi connectivity index (χ1) is 5.63. The number of rotatable bonds is 3. The summed E-state index contributed by atoms with van der Waals surface area (Å²) in [7, 11) is 0.353. The van der Waals surface area contributed by atoms with Crippen molar-refractivity contribution in [1.82, 2.24) is 0 Å². The minimum Gasteiger partial charge on any atom is -0.480 e. The summed E-state index contributed by atoms with van der Waals surface area (Å²) >= 11 is 0. The Morgan fingerprint density at radius 2 is 2.33 bits per heavy atom. The topological polar surface area (TPSA) is 83.6 Å². The molecular weight excluding hydrogens is 177 g/mol. The normalized spacial score (nSPS) is 16.2. The van der Waals surface area contributed by atoms with E-state index in [4.69, 9.17) is 10.8 Å². The summed E-state index contributed by atoms with van der Waals surface area (Å²) in [6.07, 6.45) is -1.06. The molecule has 12 heavy (non-hydrogen) atoms. The van der Waals surface area contributed by atoms with Crippen LogP contribution in [0.25, 0.3) is 0 Å². The van der Waals surface area contributed by atoms with Crippen LogP contribution in [0, 0.1) is 0 Å². The van der Waals surface area contributed by atoms with Gasteiger partial charge >= 0.3 is 5.97 Å². The molecule has 0 bridgehead atoms. The molecule has 0 saturated heterocycles. The maximum Gasteiger partial charge on any atom is 0.323 e. The van der Waals surface area contributed by atoms with E-state index < -0.39 is 18.1 Å². The van der Waals surface area contributed by atoms with Gasteiger partial charge in [-0.1, -0.05) is 12.1 Å². The fraction of sp³-hybridized carbons (Fsp3) is 0.286. The number of carbonyl (C=O) groups is 1. The van der Waals surface area contributed by atoms with E-state index in [0.717, 1.165) is 0 Å². The maximum absolute atomic E-state index is 10.4. The summed E-state index contributed by atoms with van der Waals surface area (Å²) in [5.41, 5.74) is 5.23. The minimum atomic E-state index is -1.22. The van der Waals surface area contributed by atoms with Gasteiger partial charge < -0.3 is 15.9 Å². The average molecular weight is 187 g/mol. The van der Waals surface area contributed by atoms with Crippen molar-refractivity contribution in [2.75, 3.05) is 0 Å². The molecule has 0 aromatic carbocycles. The molecule has 0 aliphatic carbocycles. The predicted molar refractivity (Wildman–Crippen MR) is 46.5 cm³/mol. The van der Waals surface area contributed by atoms with Gasteiger partial charge in [-0.05, 0) is 11.1 Å². The van der Waals surface area contributed by atoms with Crippen LogP contribution in [0.4, 0.5) is 0 Å². The van der Waals surface area contributed by atoms with Crippen molar-refractivity contribution in [3.8, 4) is 0 Å². The van der Waals surface area contributed by atoms with Crippen LogP contribution in [0.2, 0.25) is 0 Å². The second-order valence-corrected chi connectivity index (χ2v) is 3.63. The first kappa shape index (κ1) is 9.26. The first-order valence-electron chi connectivity index (χ1n) is 3.42. The van der Waals surface area contributed by atoms with Gasteiger partial charge in [-0.15, -0.1) is 8.19 Å². The lowest BCUT2D eigenvalue weighted by molar-refractivity contribution is -0.141. The summed E-state index contributed by atoms with van der Waals surface area (Å²) in [4.78, 5) is 10.4. The van der Waals surface area contributed by atoms with Crippen molar-refractivity contribution in [3.05, 3.63) is 23.2 Å². The number of hydrogen-bond donors (Lipinski definition) is 3. The van der Waals surface area contributed by atoms with Gasteiger partial charge in [-0.2, -0.15) is 0 Å². The quantitative estimate of drug-likeness (QED) is 0.629. The van der Waals surface area contributed by atoms with Crippen LogP contribution in [0.5, 0.6) is 0 Å². The number of aliphatic hydroxyl groups is 1. The number of aliphatic hydroxyl groups excluding tert-OH is 1. The van der Waals surface area contributed by atoms with E-state index in [-0.39, 0.29) is 0 Å². The Hall–Kier alpha value is -0.830. The van der Waals surface area contributed by atoms with Gasteiger partial charge in [0.15, 0.2) is 0 Å². The van der Waals surface area contributed by atoms with Crippen molar-refractivity contribution in [2.24, 2.45) is 5.73 Å². The number of carboxylic acids is 1. The van der Waals surface area contributed by atoms with Gasteiger partial charge in [0.05, 0.1) is 0 Å².